The number of hydrogen-bond acceptors (Lipinski definition) is 5. The van der Waals surface area contributed by atoms with Crippen LogP contribution in [0.3, 0.4) is 0 Å². The Hall–Kier alpha value is -0.830. The molecule has 1 aromatic rings. The van der Waals surface area contributed by atoms with Crippen LogP contribution < -0.4 is 5.73 Å². The van der Waals surface area contributed by atoms with Crippen molar-refractivity contribution in [2.24, 2.45) is 5.73 Å². The molecule has 1 saturated heterocycles. The molecule has 0 saturated carbocycles. The highest BCUT2D eigenvalue weighted by Gasteiger charge is 2.42. The van der Waals surface area contributed by atoms with Gasteiger partial charge in [-0.05, 0) is 38.5 Å². The van der Waals surface area contributed by atoms with Gasteiger partial charge in [0.25, 0.3) is 0 Å². The first-order chi connectivity index (χ1) is 11.6. The Kier molecular flexibility index (Phi) is 6.75. The first kappa shape index (κ1) is 20.5. The van der Waals surface area contributed by atoms with Crippen molar-refractivity contribution >= 4 is 33.8 Å². The Morgan fingerprint density at radius 1 is 1.44 bits per heavy atom. The number of rotatable bonds is 4. The van der Waals surface area contributed by atoms with E-state index in [0.717, 1.165) is 21.8 Å². The molecular weight excluding hydrogens is 411 g/mol. The van der Waals surface area contributed by atoms with Crippen LogP contribution in [0.25, 0.3) is 0 Å². The van der Waals surface area contributed by atoms with E-state index in [2.05, 4.69) is 15.9 Å². The summed E-state index contributed by atoms with van der Waals surface area (Å²) in [5.74, 6) is 0. The van der Waals surface area contributed by atoms with Crippen LogP contribution in [0.4, 0.5) is 9.18 Å². The Bertz CT molecular complexity index is 597. The van der Waals surface area contributed by atoms with Crippen LogP contribution in [0.15, 0.2) is 28.7 Å². The number of nitrogens with zero attached hydrogens (tertiary/aromatic N) is 1. The Morgan fingerprint density at radius 3 is 2.60 bits per heavy atom. The number of nitrogens with two attached hydrogens (primary N) is 1. The third-order valence-corrected chi connectivity index (χ3v) is 5.42. The molecule has 1 aliphatic rings. The molecule has 1 amide bonds. The van der Waals surface area contributed by atoms with Gasteiger partial charge in [0.05, 0.1) is 18.0 Å². The molecule has 1 heterocycles. The second-order valence-corrected chi connectivity index (χ2v) is 9.21. The number of halogens is 2. The van der Waals surface area contributed by atoms with Crippen LogP contribution in [0, 0.1) is 0 Å². The van der Waals surface area contributed by atoms with Crippen LogP contribution in [-0.4, -0.2) is 45.9 Å². The summed E-state index contributed by atoms with van der Waals surface area (Å²) < 4.78 is 20.1. The number of likely N-dealkylation sites (tertiary alicyclic amines) is 1. The predicted octanol–water partition coefficient (Wildman–Crippen LogP) is 3.81. The summed E-state index contributed by atoms with van der Waals surface area (Å²) in [5.41, 5.74) is 5.28. The molecule has 0 aliphatic carbocycles. The van der Waals surface area contributed by atoms with Crippen LogP contribution >= 0.6 is 27.7 Å². The number of carbonyl (C=O) groups is 1. The molecule has 25 heavy (non-hydrogen) atoms. The lowest BCUT2D eigenvalue weighted by Gasteiger charge is -2.31. The van der Waals surface area contributed by atoms with Crippen molar-refractivity contribution in [3.63, 3.8) is 0 Å². The van der Waals surface area contributed by atoms with Crippen LogP contribution in [0.5, 0.6) is 0 Å². The number of amides is 1. The Morgan fingerprint density at radius 2 is 2.04 bits per heavy atom. The Labute approximate surface area is 160 Å². The lowest BCUT2D eigenvalue weighted by Crippen LogP contribution is -2.44. The van der Waals surface area contributed by atoms with Gasteiger partial charge in [0, 0.05) is 10.9 Å². The van der Waals surface area contributed by atoms with Gasteiger partial charge >= 0.3 is 6.09 Å². The van der Waals surface area contributed by atoms with Crippen LogP contribution in [-0.2, 0) is 4.74 Å². The molecule has 0 radical (unpaired) electrons. The van der Waals surface area contributed by atoms with Crippen molar-refractivity contribution in [2.75, 3.05) is 6.54 Å². The molecule has 1 aliphatic heterocycles. The standard InChI is InChI=1S/C17H24BrFN2O3S/c1-17(2,3)24-16(23)21-9-12(19)8-13(21)15(22)25-14(20)10-4-6-11(18)7-5-10/h4-7,12-15,22H,8-9,20H2,1-3H3/t12-,13+,14?,15?/m1/s1. The van der Waals surface area contributed by atoms with Gasteiger partial charge in [-0.15, -0.1) is 11.8 Å². The summed E-state index contributed by atoms with van der Waals surface area (Å²) in [6.45, 7) is 5.16. The van der Waals surface area contributed by atoms with E-state index in [0.29, 0.717) is 0 Å². The van der Waals surface area contributed by atoms with E-state index in [9.17, 15) is 14.3 Å². The van der Waals surface area contributed by atoms with Gasteiger partial charge in [-0.25, -0.2) is 9.18 Å². The molecule has 0 spiro atoms. The number of carbonyl (C=O) groups excluding carboxylic acids is 1. The number of alkyl halides is 1. The van der Waals surface area contributed by atoms with Gasteiger partial charge < -0.3 is 15.6 Å². The van der Waals surface area contributed by atoms with Crippen molar-refractivity contribution in [1.29, 1.82) is 0 Å². The zero-order valence-electron chi connectivity index (χ0n) is 14.5. The first-order valence-electron chi connectivity index (χ1n) is 8.05. The summed E-state index contributed by atoms with van der Waals surface area (Å²) >= 11 is 4.46. The van der Waals surface area contributed by atoms with Gasteiger partial charge in [-0.2, -0.15) is 0 Å². The van der Waals surface area contributed by atoms with E-state index in [1.54, 1.807) is 20.8 Å². The number of aliphatic hydroxyl groups is 1. The lowest BCUT2D eigenvalue weighted by molar-refractivity contribution is 0.0145. The monoisotopic (exact) mass is 434 g/mol. The fraction of sp³-hybridized carbons (Fsp3) is 0.588. The second-order valence-electron chi connectivity index (χ2n) is 7.03. The SMILES string of the molecule is CC(C)(C)OC(=O)N1C[C@H](F)C[C@H]1C(O)SC(N)c1ccc(Br)cc1. The molecule has 5 nitrogen and oxygen atoms in total. The average molecular weight is 435 g/mol. The number of aliphatic hydroxyl groups excluding tert-OH is 1. The maximum absolute atomic E-state index is 13.9. The molecule has 2 unspecified atom stereocenters. The smallest absolute Gasteiger partial charge is 0.410 e. The second kappa shape index (κ2) is 8.24. The van der Waals surface area contributed by atoms with Gasteiger partial charge in [0.1, 0.15) is 17.2 Å². The fourth-order valence-corrected chi connectivity index (χ4v) is 3.90. The maximum atomic E-state index is 13.9. The molecule has 2 rings (SSSR count). The molecule has 140 valence electrons. The Balaban J connectivity index is 2.03. The van der Waals surface area contributed by atoms with Crippen molar-refractivity contribution in [3.8, 4) is 0 Å². The highest BCUT2D eigenvalue weighted by atomic mass is 79.9. The van der Waals surface area contributed by atoms with E-state index in [1.165, 1.54) is 4.90 Å². The molecule has 3 N–H and O–H groups in total. The molecule has 1 aromatic carbocycles. The molecule has 0 aromatic heterocycles. The van der Waals surface area contributed by atoms with Gasteiger partial charge in [-0.1, -0.05) is 28.1 Å². The molecule has 4 atom stereocenters. The van der Waals surface area contributed by atoms with Crippen molar-refractivity contribution in [1.82, 2.24) is 4.90 Å². The number of thioether (sulfide) groups is 1. The number of benzene rings is 1. The van der Waals surface area contributed by atoms with E-state index < -0.39 is 34.7 Å². The van der Waals surface area contributed by atoms with E-state index in [4.69, 9.17) is 10.5 Å². The van der Waals surface area contributed by atoms with Gasteiger partial charge in [-0.3, -0.25) is 4.90 Å². The molecule has 8 heteroatoms. The summed E-state index contributed by atoms with van der Waals surface area (Å²) in [6.07, 6.45) is -1.73. The topological polar surface area (TPSA) is 75.8 Å². The maximum Gasteiger partial charge on any atom is 0.410 e. The average Bonchev–Trinajstić information content (AvgIpc) is 2.88. The highest BCUT2D eigenvalue weighted by Crippen LogP contribution is 2.35. The van der Waals surface area contributed by atoms with Crippen LogP contribution in [0.1, 0.15) is 38.1 Å². The summed E-state index contributed by atoms with van der Waals surface area (Å²) in [4.78, 5) is 13.6. The number of ether oxygens (including phenoxy) is 1. The number of hydrogen-bond donors (Lipinski definition) is 2. The zero-order valence-corrected chi connectivity index (χ0v) is 16.9. The molecular formula is C17H24BrFN2O3S. The quantitative estimate of drug-likeness (QED) is 0.704. The minimum atomic E-state index is -1.18. The van der Waals surface area contributed by atoms with E-state index in [-0.39, 0.29) is 13.0 Å². The highest BCUT2D eigenvalue weighted by molar-refractivity contribution is 9.10. The summed E-state index contributed by atoms with van der Waals surface area (Å²) in [7, 11) is 0. The molecule has 0 bridgehead atoms. The third kappa shape index (κ3) is 5.84. The lowest BCUT2D eigenvalue weighted by atomic mass is 10.2. The summed E-state index contributed by atoms with van der Waals surface area (Å²) in [5, 5.41) is 10.0. The van der Waals surface area contributed by atoms with Crippen molar-refractivity contribution in [2.45, 2.75) is 55.8 Å². The van der Waals surface area contributed by atoms with Crippen LogP contribution in [0.2, 0.25) is 0 Å². The minimum Gasteiger partial charge on any atom is -0.444 e. The van der Waals surface area contributed by atoms with E-state index in [1.807, 2.05) is 24.3 Å². The van der Waals surface area contributed by atoms with E-state index >= 15 is 0 Å². The first-order valence-corrected chi connectivity index (χ1v) is 9.78. The normalized spacial score (nSPS) is 23.4. The summed E-state index contributed by atoms with van der Waals surface area (Å²) in [6, 6.07) is 6.76. The van der Waals surface area contributed by atoms with Crippen molar-refractivity contribution < 1.29 is 19.0 Å². The molecule has 1 fully saturated rings. The predicted molar refractivity (Wildman–Crippen MR) is 101 cm³/mol. The van der Waals surface area contributed by atoms with Gasteiger partial charge in [0.2, 0.25) is 0 Å². The zero-order chi connectivity index (χ0) is 18.8. The fourth-order valence-electron chi connectivity index (χ4n) is 2.59. The third-order valence-electron chi connectivity index (χ3n) is 3.73. The largest absolute Gasteiger partial charge is 0.444 e. The van der Waals surface area contributed by atoms with Crippen molar-refractivity contribution in [3.05, 3.63) is 34.3 Å². The minimum absolute atomic E-state index is 0.0699. The van der Waals surface area contributed by atoms with Gasteiger partial charge in [0.15, 0.2) is 0 Å².